The number of hydrogen-bond acceptors (Lipinski definition) is 3. The maximum absolute atomic E-state index is 13.0. The zero-order valence-corrected chi connectivity index (χ0v) is 18.3. The zero-order valence-electron chi connectivity index (χ0n) is 17.4. The van der Waals surface area contributed by atoms with Crippen LogP contribution in [0.25, 0.3) is 0 Å². The van der Waals surface area contributed by atoms with Gasteiger partial charge in [-0.3, -0.25) is 4.79 Å². The normalized spacial score (nSPS) is 16.2. The number of rotatable bonds is 4. The third-order valence-corrected chi connectivity index (χ3v) is 7.20. The van der Waals surface area contributed by atoms with E-state index in [4.69, 9.17) is 0 Å². The molecule has 0 atom stereocenters. The molecule has 0 saturated carbocycles. The first kappa shape index (κ1) is 21.5. The molecule has 0 aromatic heterocycles. The Kier molecular flexibility index (Phi) is 6.44. The minimum absolute atomic E-state index is 0.0402. The average Bonchev–Trinajstić information content (AvgIpc) is 2.98. The van der Waals surface area contributed by atoms with E-state index in [1.807, 2.05) is 24.3 Å². The van der Waals surface area contributed by atoms with E-state index in [1.54, 1.807) is 22.5 Å². The molecule has 2 aromatic rings. The minimum Gasteiger partial charge on any atom is -0.322 e. The van der Waals surface area contributed by atoms with E-state index in [2.05, 4.69) is 26.1 Å². The summed E-state index contributed by atoms with van der Waals surface area (Å²) in [6.07, 6.45) is 3.87. The van der Waals surface area contributed by atoms with Crippen LogP contribution in [0.3, 0.4) is 0 Å². The molecule has 0 spiro atoms. The standard InChI is InChI=1S/C23H30N2O3S/c1-23(2,3)19-11-13-20(14-12-19)24-22(26)18-9-8-10-21(17-18)29(27,28)25-15-6-4-5-7-16-25/h8-14,17H,4-7,15-16H2,1-3H3,(H,24,26). The van der Waals surface area contributed by atoms with Gasteiger partial charge in [0.1, 0.15) is 0 Å². The van der Waals surface area contributed by atoms with Crippen LogP contribution in [0.4, 0.5) is 5.69 Å². The summed E-state index contributed by atoms with van der Waals surface area (Å²) in [5.74, 6) is -0.318. The maximum Gasteiger partial charge on any atom is 0.255 e. The quantitative estimate of drug-likeness (QED) is 0.781. The van der Waals surface area contributed by atoms with E-state index in [0.29, 0.717) is 24.3 Å². The SMILES string of the molecule is CC(C)(C)c1ccc(NC(=O)c2cccc(S(=O)(=O)N3CCCCCC3)c2)cc1. The van der Waals surface area contributed by atoms with Crippen LogP contribution in [0, 0.1) is 0 Å². The number of carbonyl (C=O) groups excluding carboxylic acids is 1. The van der Waals surface area contributed by atoms with Gasteiger partial charge in [0.2, 0.25) is 10.0 Å². The van der Waals surface area contributed by atoms with Gasteiger partial charge in [0, 0.05) is 24.3 Å². The Morgan fingerprint density at radius 2 is 1.55 bits per heavy atom. The molecule has 0 aliphatic carbocycles. The lowest BCUT2D eigenvalue weighted by Gasteiger charge is -2.20. The van der Waals surface area contributed by atoms with E-state index in [-0.39, 0.29) is 16.2 Å². The highest BCUT2D eigenvalue weighted by Gasteiger charge is 2.25. The van der Waals surface area contributed by atoms with Crippen LogP contribution in [0.15, 0.2) is 53.4 Å². The molecule has 1 aliphatic rings. The number of sulfonamides is 1. The third kappa shape index (κ3) is 5.25. The minimum atomic E-state index is -3.58. The monoisotopic (exact) mass is 414 g/mol. The fraction of sp³-hybridized carbons (Fsp3) is 0.435. The molecule has 6 heteroatoms. The molecule has 5 nitrogen and oxygen atoms in total. The molecular formula is C23H30N2O3S. The molecular weight excluding hydrogens is 384 g/mol. The molecule has 0 radical (unpaired) electrons. The Morgan fingerprint density at radius 1 is 0.931 bits per heavy atom. The van der Waals surface area contributed by atoms with E-state index in [1.165, 1.54) is 11.6 Å². The highest BCUT2D eigenvalue weighted by molar-refractivity contribution is 7.89. The van der Waals surface area contributed by atoms with Crippen LogP contribution < -0.4 is 5.32 Å². The fourth-order valence-corrected chi connectivity index (χ4v) is 5.05. The van der Waals surface area contributed by atoms with E-state index in [9.17, 15) is 13.2 Å². The van der Waals surface area contributed by atoms with Crippen LogP contribution in [-0.2, 0) is 15.4 Å². The second-order valence-corrected chi connectivity index (χ2v) is 10.6. The van der Waals surface area contributed by atoms with Gasteiger partial charge in [-0.25, -0.2) is 8.42 Å². The van der Waals surface area contributed by atoms with Gasteiger partial charge in [0.25, 0.3) is 5.91 Å². The second-order valence-electron chi connectivity index (χ2n) is 8.63. The summed E-state index contributed by atoms with van der Waals surface area (Å²) in [5.41, 5.74) is 2.24. The van der Waals surface area contributed by atoms with Gasteiger partial charge in [0.15, 0.2) is 0 Å². The number of amides is 1. The molecule has 2 aromatic carbocycles. The summed E-state index contributed by atoms with van der Waals surface area (Å²) in [6.45, 7) is 7.49. The largest absolute Gasteiger partial charge is 0.322 e. The Hall–Kier alpha value is -2.18. The Labute approximate surface area is 174 Å². The molecule has 0 bridgehead atoms. The third-order valence-electron chi connectivity index (χ3n) is 5.31. The van der Waals surface area contributed by atoms with Crippen molar-refractivity contribution in [2.24, 2.45) is 0 Å². The Balaban J connectivity index is 1.77. The number of carbonyl (C=O) groups is 1. The Morgan fingerprint density at radius 3 is 2.14 bits per heavy atom. The molecule has 1 saturated heterocycles. The van der Waals surface area contributed by atoms with Gasteiger partial charge in [-0.2, -0.15) is 4.31 Å². The number of anilines is 1. The summed E-state index contributed by atoms with van der Waals surface area (Å²) >= 11 is 0. The zero-order chi connectivity index (χ0) is 21.1. The van der Waals surface area contributed by atoms with Crippen molar-refractivity contribution in [1.29, 1.82) is 0 Å². The van der Waals surface area contributed by atoms with Gasteiger partial charge in [-0.1, -0.05) is 51.8 Å². The summed E-state index contributed by atoms with van der Waals surface area (Å²) in [4.78, 5) is 12.9. The van der Waals surface area contributed by atoms with Crippen molar-refractivity contribution in [2.45, 2.75) is 56.8 Å². The summed E-state index contributed by atoms with van der Waals surface area (Å²) < 4.78 is 27.5. The van der Waals surface area contributed by atoms with Crippen molar-refractivity contribution < 1.29 is 13.2 Å². The fourth-order valence-electron chi connectivity index (χ4n) is 3.49. The van der Waals surface area contributed by atoms with Crippen molar-refractivity contribution in [3.05, 3.63) is 59.7 Å². The molecule has 1 fully saturated rings. The lowest BCUT2D eigenvalue weighted by atomic mass is 9.87. The van der Waals surface area contributed by atoms with E-state index >= 15 is 0 Å². The van der Waals surface area contributed by atoms with Gasteiger partial charge >= 0.3 is 0 Å². The van der Waals surface area contributed by atoms with Crippen molar-refractivity contribution in [3.8, 4) is 0 Å². The smallest absolute Gasteiger partial charge is 0.255 e. The maximum atomic E-state index is 13.0. The molecule has 3 rings (SSSR count). The van der Waals surface area contributed by atoms with Gasteiger partial charge in [-0.05, 0) is 54.2 Å². The molecule has 1 heterocycles. The van der Waals surface area contributed by atoms with Crippen LogP contribution in [0.1, 0.15) is 62.4 Å². The van der Waals surface area contributed by atoms with Crippen LogP contribution in [0.2, 0.25) is 0 Å². The van der Waals surface area contributed by atoms with Gasteiger partial charge < -0.3 is 5.32 Å². The average molecular weight is 415 g/mol. The van der Waals surface area contributed by atoms with Crippen molar-refractivity contribution in [1.82, 2.24) is 4.31 Å². The first-order valence-corrected chi connectivity index (χ1v) is 11.6. The first-order valence-electron chi connectivity index (χ1n) is 10.2. The molecule has 156 valence electrons. The Bertz CT molecular complexity index is 952. The van der Waals surface area contributed by atoms with Crippen molar-refractivity contribution in [2.75, 3.05) is 18.4 Å². The number of nitrogens with zero attached hydrogens (tertiary/aromatic N) is 1. The lowest BCUT2D eigenvalue weighted by Crippen LogP contribution is -2.32. The first-order chi connectivity index (χ1) is 13.7. The molecule has 1 amide bonds. The van der Waals surface area contributed by atoms with Gasteiger partial charge in [0.05, 0.1) is 4.90 Å². The number of nitrogens with one attached hydrogen (secondary N) is 1. The van der Waals surface area contributed by atoms with Crippen molar-refractivity contribution in [3.63, 3.8) is 0 Å². The predicted molar refractivity (Wildman–Crippen MR) is 117 cm³/mol. The molecule has 29 heavy (non-hydrogen) atoms. The highest BCUT2D eigenvalue weighted by Crippen LogP contribution is 2.24. The predicted octanol–water partition coefficient (Wildman–Crippen LogP) is 4.80. The topological polar surface area (TPSA) is 66.5 Å². The van der Waals surface area contributed by atoms with E-state index < -0.39 is 10.0 Å². The van der Waals surface area contributed by atoms with Crippen LogP contribution in [-0.4, -0.2) is 31.7 Å². The molecule has 1 aliphatic heterocycles. The van der Waals surface area contributed by atoms with Crippen LogP contribution in [0.5, 0.6) is 0 Å². The second kappa shape index (κ2) is 8.67. The number of hydrogen-bond donors (Lipinski definition) is 1. The summed E-state index contributed by atoms with van der Waals surface area (Å²) in [7, 11) is -3.58. The molecule has 0 unspecified atom stereocenters. The summed E-state index contributed by atoms with van der Waals surface area (Å²) in [6, 6.07) is 14.0. The summed E-state index contributed by atoms with van der Waals surface area (Å²) in [5, 5.41) is 2.86. The van der Waals surface area contributed by atoms with Crippen molar-refractivity contribution >= 4 is 21.6 Å². The molecule has 1 N–H and O–H groups in total. The van der Waals surface area contributed by atoms with Crippen LogP contribution >= 0.6 is 0 Å². The van der Waals surface area contributed by atoms with E-state index in [0.717, 1.165) is 25.7 Å². The highest BCUT2D eigenvalue weighted by atomic mass is 32.2. The lowest BCUT2D eigenvalue weighted by molar-refractivity contribution is 0.102. The number of benzene rings is 2. The van der Waals surface area contributed by atoms with Gasteiger partial charge in [-0.15, -0.1) is 0 Å².